The van der Waals surface area contributed by atoms with Gasteiger partial charge in [-0.1, -0.05) is 28.1 Å². The van der Waals surface area contributed by atoms with Crippen molar-refractivity contribution >= 4 is 21.9 Å². The Bertz CT molecular complexity index is 1080. The molecule has 8 heteroatoms. The van der Waals surface area contributed by atoms with Gasteiger partial charge in [0.05, 0.1) is 24.0 Å². The van der Waals surface area contributed by atoms with Crippen LogP contribution in [0.5, 0.6) is 0 Å². The van der Waals surface area contributed by atoms with Gasteiger partial charge in [-0.15, -0.1) is 0 Å². The van der Waals surface area contributed by atoms with Crippen LogP contribution in [-0.4, -0.2) is 36.7 Å². The van der Waals surface area contributed by atoms with E-state index in [-0.39, 0.29) is 11.1 Å². The Kier molecular flexibility index (Phi) is 5.23. The first kappa shape index (κ1) is 19.7. The topological polar surface area (TPSA) is 84.1 Å². The van der Waals surface area contributed by atoms with Gasteiger partial charge < -0.3 is 10.0 Å². The van der Waals surface area contributed by atoms with Crippen molar-refractivity contribution in [1.82, 2.24) is 19.5 Å². The number of fused-ring (bicyclic) bond motifs is 1. The Hall–Kier alpha value is -2.58. The molecule has 29 heavy (non-hydrogen) atoms. The van der Waals surface area contributed by atoms with E-state index < -0.39 is 6.10 Å². The number of aromatic nitrogens is 4. The molecule has 1 N–H and O–H groups in total. The third kappa shape index (κ3) is 3.95. The van der Waals surface area contributed by atoms with Gasteiger partial charge in [0.1, 0.15) is 6.33 Å². The quantitative estimate of drug-likeness (QED) is 0.650. The molecule has 0 saturated heterocycles. The number of rotatable bonds is 4. The molecule has 1 aliphatic rings. The fraction of sp³-hybridized carbons (Fsp3) is 0.333. The van der Waals surface area contributed by atoms with E-state index >= 15 is 0 Å². The highest BCUT2D eigenvalue weighted by molar-refractivity contribution is 9.10. The average Bonchev–Trinajstić information content (AvgIpc) is 2.70. The molecule has 0 bridgehead atoms. The number of halogens is 1. The summed E-state index contributed by atoms with van der Waals surface area (Å²) in [4.78, 5) is 27.7. The van der Waals surface area contributed by atoms with Crippen LogP contribution in [-0.2, 0) is 6.54 Å². The van der Waals surface area contributed by atoms with Crippen molar-refractivity contribution in [3.8, 4) is 11.4 Å². The molecule has 3 aromatic rings. The van der Waals surface area contributed by atoms with Gasteiger partial charge in [-0.05, 0) is 44.0 Å². The lowest BCUT2D eigenvalue weighted by molar-refractivity contribution is 0.168. The van der Waals surface area contributed by atoms with E-state index in [1.807, 2.05) is 29.2 Å². The Morgan fingerprint density at radius 3 is 2.79 bits per heavy atom. The van der Waals surface area contributed by atoms with E-state index in [4.69, 9.17) is 4.98 Å². The van der Waals surface area contributed by atoms with Gasteiger partial charge >= 0.3 is 0 Å². The first-order valence-corrected chi connectivity index (χ1v) is 10.2. The highest BCUT2D eigenvalue weighted by Crippen LogP contribution is 2.33. The molecule has 150 valence electrons. The van der Waals surface area contributed by atoms with Crippen molar-refractivity contribution in [2.75, 3.05) is 11.4 Å². The zero-order valence-corrected chi connectivity index (χ0v) is 17.9. The third-order valence-electron chi connectivity index (χ3n) is 5.34. The van der Waals surface area contributed by atoms with Crippen LogP contribution < -0.4 is 10.5 Å². The highest BCUT2D eigenvalue weighted by atomic mass is 79.9. The fourth-order valence-corrected chi connectivity index (χ4v) is 4.01. The molecule has 0 spiro atoms. The molecule has 1 aliphatic heterocycles. The van der Waals surface area contributed by atoms with Gasteiger partial charge in [-0.25, -0.2) is 15.0 Å². The lowest BCUT2D eigenvalue weighted by Crippen LogP contribution is -2.53. The van der Waals surface area contributed by atoms with Crippen LogP contribution in [0.1, 0.15) is 31.9 Å². The van der Waals surface area contributed by atoms with Crippen molar-refractivity contribution in [3.05, 3.63) is 69.3 Å². The molecule has 0 saturated carbocycles. The molecular formula is C21H22BrN5O2. The standard InChI is InChI=1S/C21H22BrN5O2/c1-21(2)7-9-26-19(29)11-17(16-6-8-23-13-24-16)25-20(26)27(21)12-18(28)14-4-3-5-15(22)10-14/h3-6,8,10-11,13,18,28H,7,9,12H2,1-2H3/t18-/m0/s1. The minimum Gasteiger partial charge on any atom is -0.387 e. The van der Waals surface area contributed by atoms with Crippen LogP contribution in [0, 0.1) is 0 Å². The van der Waals surface area contributed by atoms with E-state index in [1.165, 1.54) is 12.4 Å². The zero-order valence-electron chi connectivity index (χ0n) is 16.3. The molecule has 1 atom stereocenters. The van der Waals surface area contributed by atoms with Crippen molar-refractivity contribution in [2.45, 2.75) is 38.5 Å². The molecule has 0 amide bonds. The van der Waals surface area contributed by atoms with Crippen LogP contribution in [0.15, 0.2) is 58.2 Å². The minimum absolute atomic E-state index is 0.124. The lowest BCUT2D eigenvalue weighted by Gasteiger charge is -2.45. The maximum Gasteiger partial charge on any atom is 0.255 e. The van der Waals surface area contributed by atoms with Crippen molar-refractivity contribution in [3.63, 3.8) is 0 Å². The maximum atomic E-state index is 12.8. The first-order chi connectivity index (χ1) is 13.8. The van der Waals surface area contributed by atoms with Gasteiger partial charge in [0, 0.05) is 28.8 Å². The number of hydrogen-bond donors (Lipinski definition) is 1. The molecule has 0 aliphatic carbocycles. The van der Waals surface area contributed by atoms with Gasteiger partial charge in [0.25, 0.3) is 5.56 Å². The van der Waals surface area contributed by atoms with Crippen LogP contribution in [0.3, 0.4) is 0 Å². The van der Waals surface area contributed by atoms with Gasteiger partial charge in [0.15, 0.2) is 0 Å². The molecular weight excluding hydrogens is 434 g/mol. The number of β-amino-alcohol motifs (C(OH)–C–C–N with tert-alkyl or cyclic N) is 1. The molecule has 2 aromatic heterocycles. The summed E-state index contributed by atoms with van der Waals surface area (Å²) >= 11 is 3.45. The van der Waals surface area contributed by atoms with E-state index in [1.54, 1.807) is 16.8 Å². The van der Waals surface area contributed by atoms with E-state index in [9.17, 15) is 9.90 Å². The fourth-order valence-electron chi connectivity index (χ4n) is 3.60. The second-order valence-electron chi connectivity index (χ2n) is 7.77. The number of hydrogen-bond acceptors (Lipinski definition) is 6. The van der Waals surface area contributed by atoms with Crippen LogP contribution in [0.25, 0.3) is 11.4 Å². The smallest absolute Gasteiger partial charge is 0.255 e. The molecule has 1 aromatic carbocycles. The second kappa shape index (κ2) is 7.68. The SMILES string of the molecule is CC1(C)CCn2c(nc(-c3ccncn3)cc2=O)N1C[C@H](O)c1cccc(Br)c1. The van der Waals surface area contributed by atoms with E-state index in [0.717, 1.165) is 16.5 Å². The number of nitrogens with zero attached hydrogens (tertiary/aromatic N) is 5. The zero-order chi connectivity index (χ0) is 20.6. The molecule has 0 fully saturated rings. The summed E-state index contributed by atoms with van der Waals surface area (Å²) in [5, 5.41) is 10.9. The Labute approximate surface area is 177 Å². The maximum absolute atomic E-state index is 12.8. The monoisotopic (exact) mass is 455 g/mol. The van der Waals surface area contributed by atoms with Gasteiger partial charge in [-0.3, -0.25) is 9.36 Å². The Morgan fingerprint density at radius 2 is 2.07 bits per heavy atom. The minimum atomic E-state index is -0.724. The highest BCUT2D eigenvalue weighted by Gasteiger charge is 2.36. The van der Waals surface area contributed by atoms with Crippen molar-refractivity contribution < 1.29 is 5.11 Å². The number of benzene rings is 1. The Morgan fingerprint density at radius 1 is 1.24 bits per heavy atom. The Balaban J connectivity index is 1.76. The first-order valence-electron chi connectivity index (χ1n) is 9.44. The predicted octanol–water partition coefficient (Wildman–Crippen LogP) is 3.19. The van der Waals surface area contributed by atoms with Gasteiger partial charge in [0.2, 0.25) is 5.95 Å². The van der Waals surface area contributed by atoms with Crippen molar-refractivity contribution in [2.24, 2.45) is 0 Å². The summed E-state index contributed by atoms with van der Waals surface area (Å²) in [5.41, 5.74) is 1.51. The number of aliphatic hydroxyl groups is 1. The summed E-state index contributed by atoms with van der Waals surface area (Å²) in [6.07, 6.45) is 3.12. The van der Waals surface area contributed by atoms with E-state index in [0.29, 0.717) is 30.4 Å². The third-order valence-corrected chi connectivity index (χ3v) is 5.83. The van der Waals surface area contributed by atoms with Crippen molar-refractivity contribution in [1.29, 1.82) is 0 Å². The second-order valence-corrected chi connectivity index (χ2v) is 8.69. The molecule has 3 heterocycles. The molecule has 0 unspecified atom stereocenters. The summed E-state index contributed by atoms with van der Waals surface area (Å²) in [7, 11) is 0. The summed E-state index contributed by atoms with van der Waals surface area (Å²) < 4.78 is 2.58. The number of anilines is 1. The molecule has 7 nitrogen and oxygen atoms in total. The van der Waals surface area contributed by atoms with Gasteiger partial charge in [-0.2, -0.15) is 0 Å². The lowest BCUT2D eigenvalue weighted by atomic mass is 9.95. The number of aliphatic hydroxyl groups excluding tert-OH is 1. The summed E-state index contributed by atoms with van der Waals surface area (Å²) in [6, 6.07) is 10.9. The predicted molar refractivity (Wildman–Crippen MR) is 115 cm³/mol. The van der Waals surface area contributed by atoms with Crippen LogP contribution in [0.4, 0.5) is 5.95 Å². The van der Waals surface area contributed by atoms with Crippen LogP contribution in [0.2, 0.25) is 0 Å². The van der Waals surface area contributed by atoms with E-state index in [2.05, 4.69) is 39.7 Å². The molecule has 0 radical (unpaired) electrons. The summed E-state index contributed by atoms with van der Waals surface area (Å²) in [6.45, 7) is 5.12. The van der Waals surface area contributed by atoms with Crippen LogP contribution >= 0.6 is 15.9 Å². The molecule has 4 rings (SSSR count). The normalized spacial score (nSPS) is 16.3. The summed E-state index contributed by atoms with van der Waals surface area (Å²) in [5.74, 6) is 0.552. The average molecular weight is 456 g/mol. The largest absolute Gasteiger partial charge is 0.387 e.